The molecule has 0 atom stereocenters. The van der Waals surface area contributed by atoms with Crippen LogP contribution in [0, 0.1) is 6.92 Å². The second kappa shape index (κ2) is 5.90. The van der Waals surface area contributed by atoms with Gasteiger partial charge in [-0.3, -0.25) is 4.98 Å². The van der Waals surface area contributed by atoms with E-state index >= 15 is 0 Å². The van der Waals surface area contributed by atoms with Crippen molar-refractivity contribution in [1.82, 2.24) is 4.98 Å². The molecule has 0 bridgehead atoms. The molecule has 0 aromatic carbocycles. The number of aromatic nitrogens is 1. The zero-order valence-corrected chi connectivity index (χ0v) is 9.69. The molecule has 1 aromatic rings. The molecule has 86 valence electrons. The Bertz CT molecular complexity index is 399. The molecule has 1 heterocycles. The summed E-state index contributed by atoms with van der Waals surface area (Å²) >= 11 is 0. The monoisotopic (exact) mass is 221 g/mol. The SMILES string of the molecule is COC(=O)C(C)=CCOc1cccnc1C. The van der Waals surface area contributed by atoms with E-state index < -0.39 is 0 Å². The van der Waals surface area contributed by atoms with Crippen molar-refractivity contribution < 1.29 is 14.3 Å². The standard InChI is InChI=1S/C12H15NO3/c1-9(12(14)15-3)6-8-16-11-5-4-7-13-10(11)2/h4-7H,8H2,1-3H3. The van der Waals surface area contributed by atoms with Crippen LogP contribution in [0.4, 0.5) is 0 Å². The van der Waals surface area contributed by atoms with Crippen molar-refractivity contribution in [3.8, 4) is 5.75 Å². The molecule has 0 aliphatic heterocycles. The molecule has 0 radical (unpaired) electrons. The number of carbonyl (C=O) groups excluding carboxylic acids is 1. The van der Waals surface area contributed by atoms with E-state index in [4.69, 9.17) is 4.74 Å². The van der Waals surface area contributed by atoms with Gasteiger partial charge in [0.25, 0.3) is 0 Å². The molecular formula is C12H15NO3. The van der Waals surface area contributed by atoms with E-state index in [1.165, 1.54) is 7.11 Å². The summed E-state index contributed by atoms with van der Waals surface area (Å²) < 4.78 is 10.0. The Morgan fingerprint density at radius 1 is 1.56 bits per heavy atom. The van der Waals surface area contributed by atoms with Crippen molar-refractivity contribution in [3.05, 3.63) is 35.7 Å². The van der Waals surface area contributed by atoms with Crippen LogP contribution in [0.3, 0.4) is 0 Å². The van der Waals surface area contributed by atoms with Crippen LogP contribution in [0.2, 0.25) is 0 Å². The number of methoxy groups -OCH3 is 1. The lowest BCUT2D eigenvalue weighted by Crippen LogP contribution is -2.04. The van der Waals surface area contributed by atoms with Crippen molar-refractivity contribution in [3.63, 3.8) is 0 Å². The molecule has 0 aliphatic carbocycles. The van der Waals surface area contributed by atoms with Crippen LogP contribution in [0.25, 0.3) is 0 Å². The van der Waals surface area contributed by atoms with Gasteiger partial charge < -0.3 is 9.47 Å². The van der Waals surface area contributed by atoms with Crippen molar-refractivity contribution in [2.45, 2.75) is 13.8 Å². The van der Waals surface area contributed by atoms with Crippen molar-refractivity contribution in [2.24, 2.45) is 0 Å². The maximum atomic E-state index is 11.1. The van der Waals surface area contributed by atoms with Crippen LogP contribution in [-0.4, -0.2) is 24.7 Å². The highest BCUT2D eigenvalue weighted by Gasteiger charge is 2.02. The van der Waals surface area contributed by atoms with Gasteiger partial charge in [-0.1, -0.05) is 0 Å². The Morgan fingerprint density at radius 2 is 2.31 bits per heavy atom. The summed E-state index contributed by atoms with van der Waals surface area (Å²) in [5, 5.41) is 0. The van der Waals surface area contributed by atoms with Gasteiger partial charge in [0.2, 0.25) is 0 Å². The number of pyridine rings is 1. The first-order valence-electron chi connectivity index (χ1n) is 4.94. The average Bonchev–Trinajstić information content (AvgIpc) is 2.30. The van der Waals surface area contributed by atoms with E-state index in [1.807, 2.05) is 13.0 Å². The lowest BCUT2D eigenvalue weighted by molar-refractivity contribution is -0.136. The van der Waals surface area contributed by atoms with Crippen LogP contribution in [-0.2, 0) is 9.53 Å². The summed E-state index contributed by atoms with van der Waals surface area (Å²) in [5.74, 6) is 0.378. The fourth-order valence-corrected chi connectivity index (χ4v) is 1.12. The van der Waals surface area contributed by atoms with Gasteiger partial charge in [0.05, 0.1) is 12.8 Å². The summed E-state index contributed by atoms with van der Waals surface area (Å²) in [6.07, 6.45) is 3.38. The first-order valence-corrected chi connectivity index (χ1v) is 4.94. The minimum absolute atomic E-state index is 0.327. The molecule has 1 rings (SSSR count). The molecule has 0 saturated heterocycles. The zero-order chi connectivity index (χ0) is 12.0. The third-order valence-electron chi connectivity index (χ3n) is 2.09. The number of aryl methyl sites for hydroxylation is 1. The molecule has 0 N–H and O–H groups in total. The van der Waals surface area contributed by atoms with Crippen molar-refractivity contribution in [2.75, 3.05) is 13.7 Å². The van der Waals surface area contributed by atoms with E-state index in [-0.39, 0.29) is 5.97 Å². The zero-order valence-electron chi connectivity index (χ0n) is 9.69. The van der Waals surface area contributed by atoms with Gasteiger partial charge in [-0.05, 0) is 32.1 Å². The van der Waals surface area contributed by atoms with Crippen LogP contribution < -0.4 is 4.74 Å². The lowest BCUT2D eigenvalue weighted by Gasteiger charge is -2.05. The van der Waals surface area contributed by atoms with E-state index in [0.717, 1.165) is 11.4 Å². The summed E-state index contributed by atoms with van der Waals surface area (Å²) in [7, 11) is 1.35. The van der Waals surface area contributed by atoms with Gasteiger partial charge in [0.15, 0.2) is 0 Å². The normalized spacial score (nSPS) is 11.1. The maximum absolute atomic E-state index is 11.1. The summed E-state index contributed by atoms with van der Waals surface area (Å²) in [6.45, 7) is 3.88. The Balaban J connectivity index is 2.53. The Labute approximate surface area is 94.9 Å². The molecule has 16 heavy (non-hydrogen) atoms. The molecule has 0 aliphatic rings. The molecular weight excluding hydrogens is 206 g/mol. The Morgan fingerprint density at radius 3 is 2.94 bits per heavy atom. The second-order valence-corrected chi connectivity index (χ2v) is 3.28. The largest absolute Gasteiger partial charge is 0.488 e. The van der Waals surface area contributed by atoms with Crippen LogP contribution in [0.15, 0.2) is 30.0 Å². The minimum Gasteiger partial charge on any atom is -0.488 e. The predicted molar refractivity (Wildman–Crippen MR) is 60.2 cm³/mol. The lowest BCUT2D eigenvalue weighted by atomic mass is 10.3. The average molecular weight is 221 g/mol. The molecule has 0 amide bonds. The molecule has 0 fully saturated rings. The van der Waals surface area contributed by atoms with Crippen molar-refractivity contribution in [1.29, 1.82) is 0 Å². The predicted octanol–water partition coefficient (Wildman–Crippen LogP) is 1.89. The number of ether oxygens (including phenoxy) is 2. The highest BCUT2D eigenvalue weighted by atomic mass is 16.5. The van der Waals surface area contributed by atoms with Crippen LogP contribution in [0.5, 0.6) is 5.75 Å². The van der Waals surface area contributed by atoms with Gasteiger partial charge >= 0.3 is 5.97 Å². The van der Waals surface area contributed by atoms with Gasteiger partial charge in [-0.15, -0.1) is 0 Å². The molecule has 4 nitrogen and oxygen atoms in total. The number of rotatable bonds is 4. The first-order chi connectivity index (χ1) is 7.65. The van der Waals surface area contributed by atoms with Crippen LogP contribution >= 0.6 is 0 Å². The van der Waals surface area contributed by atoms with E-state index in [9.17, 15) is 4.79 Å². The van der Waals surface area contributed by atoms with Gasteiger partial charge in [0, 0.05) is 11.8 Å². The second-order valence-electron chi connectivity index (χ2n) is 3.28. The highest BCUT2D eigenvalue weighted by molar-refractivity contribution is 5.87. The van der Waals surface area contributed by atoms with E-state index in [0.29, 0.717) is 12.2 Å². The fourth-order valence-electron chi connectivity index (χ4n) is 1.12. The van der Waals surface area contributed by atoms with Gasteiger partial charge in [0.1, 0.15) is 12.4 Å². The molecule has 4 heteroatoms. The Kier molecular flexibility index (Phi) is 4.51. The van der Waals surface area contributed by atoms with Crippen LogP contribution in [0.1, 0.15) is 12.6 Å². The third kappa shape index (κ3) is 3.38. The number of carbonyl (C=O) groups is 1. The number of esters is 1. The molecule has 0 spiro atoms. The molecule has 0 saturated carbocycles. The number of hydrogen-bond donors (Lipinski definition) is 0. The Hall–Kier alpha value is -1.84. The topological polar surface area (TPSA) is 48.4 Å². The highest BCUT2D eigenvalue weighted by Crippen LogP contribution is 2.13. The molecule has 0 unspecified atom stereocenters. The first kappa shape index (κ1) is 12.2. The summed E-state index contributed by atoms with van der Waals surface area (Å²) in [4.78, 5) is 15.2. The molecule has 1 aromatic heterocycles. The maximum Gasteiger partial charge on any atom is 0.333 e. The summed E-state index contributed by atoms with van der Waals surface area (Å²) in [5.41, 5.74) is 1.36. The van der Waals surface area contributed by atoms with Gasteiger partial charge in [-0.25, -0.2) is 4.79 Å². The number of hydrogen-bond acceptors (Lipinski definition) is 4. The quantitative estimate of drug-likeness (QED) is 0.575. The summed E-state index contributed by atoms with van der Waals surface area (Å²) in [6, 6.07) is 3.64. The van der Waals surface area contributed by atoms with E-state index in [1.54, 1.807) is 25.3 Å². The van der Waals surface area contributed by atoms with E-state index in [2.05, 4.69) is 9.72 Å². The number of nitrogens with zero attached hydrogens (tertiary/aromatic N) is 1. The third-order valence-corrected chi connectivity index (χ3v) is 2.09. The van der Waals surface area contributed by atoms with Gasteiger partial charge in [-0.2, -0.15) is 0 Å². The smallest absolute Gasteiger partial charge is 0.333 e. The minimum atomic E-state index is -0.341. The fraction of sp³-hybridized carbons (Fsp3) is 0.333. The van der Waals surface area contributed by atoms with Crippen molar-refractivity contribution >= 4 is 5.97 Å².